The van der Waals surface area contributed by atoms with Gasteiger partial charge in [-0.1, -0.05) is 0 Å². The van der Waals surface area contributed by atoms with Gasteiger partial charge in [0.2, 0.25) is 5.79 Å². The fourth-order valence-electron chi connectivity index (χ4n) is 3.74. The van der Waals surface area contributed by atoms with Crippen molar-refractivity contribution in [2.24, 2.45) is 5.41 Å². The summed E-state index contributed by atoms with van der Waals surface area (Å²) >= 11 is 0. The summed E-state index contributed by atoms with van der Waals surface area (Å²) in [5, 5.41) is 0. The number of ether oxygens (including phenoxy) is 5. The predicted molar refractivity (Wildman–Crippen MR) is 109 cm³/mol. The molecule has 17 heteroatoms. The van der Waals surface area contributed by atoms with Crippen LogP contribution in [0.25, 0.3) is 0 Å². The lowest BCUT2D eigenvalue weighted by Crippen LogP contribution is -2.60. The van der Waals surface area contributed by atoms with Crippen molar-refractivity contribution in [1.29, 1.82) is 0 Å². The van der Waals surface area contributed by atoms with Crippen molar-refractivity contribution in [3.05, 3.63) is 0 Å². The topological polar surface area (TPSA) is 97.4 Å². The fraction of sp³-hybridized carbons (Fsp3) is 0.864. The maximum Gasteiger partial charge on any atom is 0.453 e. The molecule has 8 nitrogen and oxygen atoms in total. The van der Waals surface area contributed by atoms with Crippen molar-refractivity contribution in [3.63, 3.8) is 0 Å². The molecule has 0 bridgehead atoms. The molecular weight excluding hydrogens is 563 g/mol. The van der Waals surface area contributed by atoms with Crippen LogP contribution in [0.3, 0.4) is 0 Å². The van der Waals surface area contributed by atoms with Crippen molar-refractivity contribution in [1.82, 2.24) is 0 Å². The van der Waals surface area contributed by atoms with E-state index in [-0.39, 0.29) is 12.8 Å². The molecule has 1 spiro atoms. The molecule has 0 amide bonds. The molecule has 226 valence electrons. The number of hydrogen-bond acceptors (Lipinski definition) is 8. The van der Waals surface area contributed by atoms with Crippen LogP contribution in [0, 0.1) is 5.41 Å². The van der Waals surface area contributed by atoms with Crippen LogP contribution in [0.15, 0.2) is 0 Å². The number of rotatable bonds is 10. The molecule has 0 aromatic carbocycles. The Hall–Kier alpha value is -2.30. The predicted octanol–water partition coefficient (Wildman–Crippen LogP) is 4.58. The monoisotopic (exact) mass is 590 g/mol. The van der Waals surface area contributed by atoms with Crippen molar-refractivity contribution < 1.29 is 77.6 Å². The maximum atomic E-state index is 13.4. The van der Waals surface area contributed by atoms with Crippen molar-refractivity contribution in [3.8, 4) is 0 Å². The second-order valence-corrected chi connectivity index (χ2v) is 9.86. The lowest BCUT2D eigenvalue weighted by Gasteiger charge is -2.49. The zero-order chi connectivity index (χ0) is 29.9. The van der Waals surface area contributed by atoms with Crippen LogP contribution in [-0.2, 0) is 38.1 Å². The first-order valence-electron chi connectivity index (χ1n) is 11.6. The van der Waals surface area contributed by atoms with Gasteiger partial charge in [-0.25, -0.2) is 13.6 Å². The van der Waals surface area contributed by atoms with E-state index in [0.29, 0.717) is 26.7 Å². The minimum absolute atomic E-state index is 0.0236. The summed E-state index contributed by atoms with van der Waals surface area (Å²) in [7, 11) is 0. The van der Waals surface area contributed by atoms with E-state index in [1.807, 2.05) is 0 Å². The van der Waals surface area contributed by atoms with Crippen molar-refractivity contribution in [2.75, 3.05) is 26.4 Å². The van der Waals surface area contributed by atoms with Crippen LogP contribution in [0.4, 0.5) is 39.5 Å². The van der Waals surface area contributed by atoms with E-state index in [1.165, 1.54) is 0 Å². The Morgan fingerprint density at radius 1 is 0.821 bits per heavy atom. The second-order valence-electron chi connectivity index (χ2n) is 9.86. The van der Waals surface area contributed by atoms with Gasteiger partial charge in [-0.2, -0.15) is 30.7 Å². The van der Waals surface area contributed by atoms with E-state index in [9.17, 15) is 53.9 Å². The molecule has 0 N–H and O–H groups in total. The van der Waals surface area contributed by atoms with Crippen molar-refractivity contribution in [2.45, 2.75) is 88.2 Å². The molecule has 1 aliphatic heterocycles. The smallest absolute Gasteiger partial charge is 0.453 e. The largest absolute Gasteiger partial charge is 0.465 e. The number of halogens is 9. The third-order valence-electron chi connectivity index (χ3n) is 5.90. The minimum atomic E-state index is -6.04. The minimum Gasteiger partial charge on any atom is -0.465 e. The molecule has 1 aliphatic carbocycles. The molecule has 2 aliphatic rings. The lowest BCUT2D eigenvalue weighted by molar-refractivity contribution is -0.355. The average molecular weight is 590 g/mol. The molecule has 1 saturated carbocycles. The normalized spacial score (nSPS) is 26.7. The number of carbonyl (C=O) groups is 3. The molecule has 0 aromatic heterocycles. The Labute approximate surface area is 216 Å². The SMILES string of the molecule is CC(F)(F)CC(=O)OCC1(COC(=O)CC(F)(F)C(F)(F)F)COC2(CCCCC2OC(=O)C(C)(F)F)OC1. The molecule has 2 fully saturated rings. The van der Waals surface area contributed by atoms with Crippen LogP contribution in [-0.4, -0.2) is 80.2 Å². The fourth-order valence-corrected chi connectivity index (χ4v) is 3.74. The third kappa shape index (κ3) is 9.11. The van der Waals surface area contributed by atoms with E-state index < -0.39 is 98.4 Å². The number of alkyl halides is 9. The van der Waals surface area contributed by atoms with Crippen LogP contribution in [0.2, 0.25) is 0 Å². The van der Waals surface area contributed by atoms with E-state index in [2.05, 4.69) is 4.74 Å². The summed E-state index contributed by atoms with van der Waals surface area (Å²) in [6.07, 6.45) is -10.2. The van der Waals surface area contributed by atoms with Crippen LogP contribution in [0.5, 0.6) is 0 Å². The first-order chi connectivity index (χ1) is 17.6. The quantitative estimate of drug-likeness (QED) is 0.207. The number of esters is 3. The zero-order valence-corrected chi connectivity index (χ0v) is 20.8. The van der Waals surface area contributed by atoms with Gasteiger partial charge in [0, 0.05) is 13.3 Å². The van der Waals surface area contributed by atoms with Gasteiger partial charge < -0.3 is 23.7 Å². The summed E-state index contributed by atoms with van der Waals surface area (Å²) in [6.45, 7) is -2.41. The maximum absolute atomic E-state index is 13.4. The van der Waals surface area contributed by atoms with Crippen LogP contribution < -0.4 is 0 Å². The van der Waals surface area contributed by atoms with E-state index in [0.717, 1.165) is 0 Å². The molecule has 0 aromatic rings. The van der Waals surface area contributed by atoms with E-state index >= 15 is 0 Å². The Kier molecular flexibility index (Phi) is 9.84. The first-order valence-corrected chi connectivity index (χ1v) is 11.6. The summed E-state index contributed by atoms with van der Waals surface area (Å²) in [5.74, 6) is -19.8. The average Bonchev–Trinajstić information content (AvgIpc) is 2.77. The van der Waals surface area contributed by atoms with Gasteiger partial charge in [0.1, 0.15) is 26.1 Å². The van der Waals surface area contributed by atoms with Gasteiger partial charge in [-0.05, 0) is 26.2 Å². The highest BCUT2D eigenvalue weighted by molar-refractivity contribution is 5.77. The highest BCUT2D eigenvalue weighted by atomic mass is 19.4. The first kappa shape index (κ1) is 32.9. The summed E-state index contributed by atoms with van der Waals surface area (Å²) in [5.41, 5.74) is -1.78. The summed E-state index contributed by atoms with van der Waals surface area (Å²) in [6, 6.07) is 0. The van der Waals surface area contributed by atoms with Gasteiger partial charge >= 0.3 is 35.9 Å². The van der Waals surface area contributed by atoms with Gasteiger partial charge in [-0.3, -0.25) is 9.59 Å². The van der Waals surface area contributed by atoms with E-state index in [4.69, 9.17) is 18.9 Å². The highest BCUT2D eigenvalue weighted by Gasteiger charge is 2.59. The Morgan fingerprint density at radius 3 is 1.79 bits per heavy atom. The second kappa shape index (κ2) is 11.7. The Balaban J connectivity index is 2.17. The lowest BCUT2D eigenvalue weighted by atomic mass is 9.86. The number of carbonyl (C=O) groups excluding carboxylic acids is 3. The Morgan fingerprint density at radius 2 is 1.33 bits per heavy atom. The molecule has 1 heterocycles. The molecule has 2 rings (SSSR count). The van der Waals surface area contributed by atoms with Crippen molar-refractivity contribution >= 4 is 17.9 Å². The van der Waals surface area contributed by atoms with Gasteiger partial charge in [-0.15, -0.1) is 0 Å². The van der Waals surface area contributed by atoms with Gasteiger partial charge in [0.05, 0.1) is 18.6 Å². The van der Waals surface area contributed by atoms with Crippen LogP contribution in [0.1, 0.15) is 52.4 Å². The summed E-state index contributed by atoms with van der Waals surface area (Å²) < 4.78 is 142. The standard InChI is InChI=1S/C22H27F9O8/c1-17(23,24)7-14(32)35-9-19(10-36-15(33)8-21(27,28)22(29,30)31)11-37-20(38-12-19)6-4-3-5-13(20)39-16(34)18(2,25)26/h13H,3-12H2,1-2H3. The highest BCUT2D eigenvalue weighted by Crippen LogP contribution is 2.43. The molecule has 0 radical (unpaired) electrons. The molecule has 1 atom stereocenters. The summed E-state index contributed by atoms with van der Waals surface area (Å²) in [4.78, 5) is 35.3. The van der Waals surface area contributed by atoms with Crippen LogP contribution >= 0.6 is 0 Å². The molecule has 1 saturated heterocycles. The zero-order valence-electron chi connectivity index (χ0n) is 20.8. The molecular formula is C22H27F9O8. The van der Waals surface area contributed by atoms with Gasteiger partial charge in [0.25, 0.3) is 5.92 Å². The molecule has 39 heavy (non-hydrogen) atoms. The Bertz CT molecular complexity index is 887. The van der Waals surface area contributed by atoms with Gasteiger partial charge in [0.15, 0.2) is 6.10 Å². The molecule has 1 unspecified atom stereocenters. The number of hydrogen-bond donors (Lipinski definition) is 0. The van der Waals surface area contributed by atoms with E-state index in [1.54, 1.807) is 0 Å². The third-order valence-corrected chi connectivity index (χ3v) is 5.90.